The summed E-state index contributed by atoms with van der Waals surface area (Å²) in [5, 5.41) is 9.37. The van der Waals surface area contributed by atoms with Crippen LogP contribution in [0, 0.1) is 0 Å². The van der Waals surface area contributed by atoms with Crippen LogP contribution in [0.25, 0.3) is 11.1 Å². The van der Waals surface area contributed by atoms with Gasteiger partial charge in [-0.1, -0.05) is 13.8 Å². The van der Waals surface area contributed by atoms with E-state index in [0.717, 1.165) is 18.4 Å². The molecule has 5 heteroatoms. The van der Waals surface area contributed by atoms with Gasteiger partial charge in [-0.25, -0.2) is 4.79 Å². The molecule has 0 saturated carbocycles. The van der Waals surface area contributed by atoms with E-state index in [-0.39, 0.29) is 11.5 Å². The molecular formula is C19H22N2O3. The van der Waals surface area contributed by atoms with Gasteiger partial charge >= 0.3 is 5.97 Å². The standard InChI is InChI=1S/C19H22N2O3/c1-3-9-21(10-4-2)18(22)16-11-15(12-17(13-16)19(23)24)14-5-7-20-8-6-14/h5-8,11-13H,3-4,9-10H2,1-2H3,(H,23,24). The van der Waals surface area contributed by atoms with E-state index in [1.54, 1.807) is 41.6 Å². The fourth-order valence-corrected chi connectivity index (χ4v) is 2.62. The molecule has 0 saturated heterocycles. The third-order valence-corrected chi connectivity index (χ3v) is 3.71. The Hall–Kier alpha value is -2.69. The summed E-state index contributed by atoms with van der Waals surface area (Å²) in [5.74, 6) is -1.17. The number of aromatic nitrogens is 1. The second-order valence-corrected chi connectivity index (χ2v) is 5.63. The van der Waals surface area contributed by atoms with Crippen LogP contribution >= 0.6 is 0 Å². The molecule has 1 heterocycles. The van der Waals surface area contributed by atoms with Crippen molar-refractivity contribution in [1.82, 2.24) is 9.88 Å². The third-order valence-electron chi connectivity index (χ3n) is 3.71. The molecule has 0 aliphatic rings. The first kappa shape index (κ1) is 17.7. The van der Waals surface area contributed by atoms with Crippen LogP contribution in [0.4, 0.5) is 0 Å². The number of carbonyl (C=O) groups is 2. The van der Waals surface area contributed by atoms with Crippen LogP contribution < -0.4 is 0 Å². The predicted molar refractivity (Wildman–Crippen MR) is 93.1 cm³/mol. The molecule has 0 fully saturated rings. The quantitative estimate of drug-likeness (QED) is 0.842. The zero-order valence-electron chi connectivity index (χ0n) is 14.0. The molecular weight excluding hydrogens is 304 g/mol. The maximum absolute atomic E-state index is 12.8. The Balaban J connectivity index is 2.47. The molecule has 5 nitrogen and oxygen atoms in total. The number of hydrogen-bond donors (Lipinski definition) is 1. The SMILES string of the molecule is CCCN(CCC)C(=O)c1cc(C(=O)O)cc(-c2ccncc2)c1. The second-order valence-electron chi connectivity index (χ2n) is 5.63. The summed E-state index contributed by atoms with van der Waals surface area (Å²) in [6.07, 6.45) is 5.01. The highest BCUT2D eigenvalue weighted by atomic mass is 16.4. The Kier molecular flexibility index (Phi) is 6.07. The van der Waals surface area contributed by atoms with Crippen molar-refractivity contribution < 1.29 is 14.7 Å². The highest BCUT2D eigenvalue weighted by Crippen LogP contribution is 2.23. The molecule has 0 radical (unpaired) electrons. The summed E-state index contributed by atoms with van der Waals surface area (Å²) in [7, 11) is 0. The molecule has 0 aliphatic carbocycles. The van der Waals surface area contributed by atoms with Crippen LogP contribution in [0.2, 0.25) is 0 Å². The van der Waals surface area contributed by atoms with E-state index in [1.165, 1.54) is 6.07 Å². The van der Waals surface area contributed by atoms with Gasteiger partial charge in [0.25, 0.3) is 5.91 Å². The van der Waals surface area contributed by atoms with Crippen molar-refractivity contribution in [2.45, 2.75) is 26.7 Å². The Morgan fingerprint density at radius 1 is 0.958 bits per heavy atom. The molecule has 2 aromatic rings. The lowest BCUT2D eigenvalue weighted by Crippen LogP contribution is -2.32. The van der Waals surface area contributed by atoms with Gasteiger partial charge in [-0.3, -0.25) is 9.78 Å². The summed E-state index contributed by atoms with van der Waals surface area (Å²) in [5.41, 5.74) is 2.05. The van der Waals surface area contributed by atoms with Gasteiger partial charge in [-0.2, -0.15) is 0 Å². The van der Waals surface area contributed by atoms with Crippen LogP contribution in [-0.2, 0) is 0 Å². The largest absolute Gasteiger partial charge is 0.478 e. The third kappa shape index (κ3) is 4.19. The van der Waals surface area contributed by atoms with Gasteiger partial charge in [0.1, 0.15) is 0 Å². The molecule has 1 aromatic heterocycles. The normalized spacial score (nSPS) is 10.4. The Morgan fingerprint density at radius 3 is 2.08 bits per heavy atom. The molecule has 2 rings (SSSR count). The maximum atomic E-state index is 12.8. The molecule has 1 aromatic carbocycles. The number of aromatic carboxylic acids is 1. The van der Waals surface area contributed by atoms with Gasteiger partial charge in [-0.15, -0.1) is 0 Å². The minimum absolute atomic E-state index is 0.112. The van der Waals surface area contributed by atoms with Crippen molar-refractivity contribution in [3.63, 3.8) is 0 Å². The van der Waals surface area contributed by atoms with E-state index < -0.39 is 5.97 Å². The van der Waals surface area contributed by atoms with Crippen LogP contribution in [-0.4, -0.2) is 40.0 Å². The van der Waals surface area contributed by atoms with Gasteiger partial charge in [0.05, 0.1) is 5.56 Å². The number of nitrogens with zero attached hydrogens (tertiary/aromatic N) is 2. The van der Waals surface area contributed by atoms with Crippen LogP contribution in [0.15, 0.2) is 42.7 Å². The molecule has 0 spiro atoms. The lowest BCUT2D eigenvalue weighted by atomic mass is 9.99. The summed E-state index contributed by atoms with van der Waals surface area (Å²) in [4.78, 5) is 30.0. The van der Waals surface area contributed by atoms with E-state index in [0.29, 0.717) is 24.2 Å². The number of pyridine rings is 1. The molecule has 24 heavy (non-hydrogen) atoms. The highest BCUT2D eigenvalue weighted by Gasteiger charge is 2.18. The minimum atomic E-state index is -1.04. The number of carboxylic acids is 1. The molecule has 0 bridgehead atoms. The minimum Gasteiger partial charge on any atom is -0.478 e. The zero-order valence-corrected chi connectivity index (χ0v) is 14.0. The van der Waals surface area contributed by atoms with Crippen LogP contribution in [0.5, 0.6) is 0 Å². The number of carboxylic acid groups (broad SMARTS) is 1. The van der Waals surface area contributed by atoms with Crippen molar-refractivity contribution in [2.75, 3.05) is 13.1 Å². The predicted octanol–water partition coefficient (Wildman–Crippen LogP) is 3.71. The molecule has 0 atom stereocenters. The number of hydrogen-bond acceptors (Lipinski definition) is 3. The van der Waals surface area contributed by atoms with Crippen molar-refractivity contribution in [3.05, 3.63) is 53.9 Å². The Labute approximate surface area is 142 Å². The van der Waals surface area contributed by atoms with E-state index in [4.69, 9.17) is 0 Å². The highest BCUT2D eigenvalue weighted by molar-refractivity contribution is 5.99. The summed E-state index contributed by atoms with van der Waals surface area (Å²) >= 11 is 0. The topological polar surface area (TPSA) is 70.5 Å². The van der Waals surface area contributed by atoms with Gasteiger partial charge in [0, 0.05) is 31.0 Å². The first-order valence-electron chi connectivity index (χ1n) is 8.14. The molecule has 126 valence electrons. The van der Waals surface area contributed by atoms with Crippen molar-refractivity contribution in [3.8, 4) is 11.1 Å². The second kappa shape index (κ2) is 8.24. The van der Waals surface area contributed by atoms with Crippen LogP contribution in [0.1, 0.15) is 47.4 Å². The van der Waals surface area contributed by atoms with Crippen LogP contribution in [0.3, 0.4) is 0 Å². The zero-order chi connectivity index (χ0) is 17.5. The number of rotatable bonds is 7. The van der Waals surface area contributed by atoms with Gasteiger partial charge < -0.3 is 10.0 Å². The fraction of sp³-hybridized carbons (Fsp3) is 0.316. The molecule has 1 N–H and O–H groups in total. The molecule has 0 aliphatic heterocycles. The fourth-order valence-electron chi connectivity index (χ4n) is 2.62. The maximum Gasteiger partial charge on any atom is 0.335 e. The number of carbonyl (C=O) groups excluding carboxylic acids is 1. The van der Waals surface area contributed by atoms with Gasteiger partial charge in [-0.05, 0) is 54.3 Å². The lowest BCUT2D eigenvalue weighted by molar-refractivity contribution is 0.0697. The number of benzene rings is 1. The van der Waals surface area contributed by atoms with Crippen molar-refractivity contribution in [2.24, 2.45) is 0 Å². The van der Waals surface area contributed by atoms with E-state index in [9.17, 15) is 14.7 Å². The first-order chi connectivity index (χ1) is 11.6. The monoisotopic (exact) mass is 326 g/mol. The van der Waals surface area contributed by atoms with Crippen molar-refractivity contribution in [1.29, 1.82) is 0 Å². The van der Waals surface area contributed by atoms with E-state index in [1.807, 2.05) is 13.8 Å². The molecule has 0 unspecified atom stereocenters. The average Bonchev–Trinajstić information content (AvgIpc) is 2.61. The van der Waals surface area contributed by atoms with Gasteiger partial charge in [0.2, 0.25) is 0 Å². The summed E-state index contributed by atoms with van der Waals surface area (Å²) in [6.45, 7) is 5.36. The first-order valence-corrected chi connectivity index (χ1v) is 8.14. The average molecular weight is 326 g/mol. The summed E-state index contributed by atoms with van der Waals surface area (Å²) < 4.78 is 0. The van der Waals surface area contributed by atoms with Gasteiger partial charge in [0.15, 0.2) is 0 Å². The Morgan fingerprint density at radius 2 is 1.54 bits per heavy atom. The van der Waals surface area contributed by atoms with E-state index >= 15 is 0 Å². The number of amides is 1. The Bertz CT molecular complexity index is 708. The summed E-state index contributed by atoms with van der Waals surface area (Å²) in [6, 6.07) is 8.38. The van der Waals surface area contributed by atoms with Crippen molar-refractivity contribution >= 4 is 11.9 Å². The van der Waals surface area contributed by atoms with E-state index in [2.05, 4.69) is 4.98 Å². The lowest BCUT2D eigenvalue weighted by Gasteiger charge is -2.22. The molecule has 1 amide bonds. The smallest absolute Gasteiger partial charge is 0.335 e.